The van der Waals surface area contributed by atoms with Gasteiger partial charge in [0, 0.05) is 23.5 Å². The van der Waals surface area contributed by atoms with E-state index < -0.39 is 11.9 Å². The number of halogens is 1. The molecule has 0 saturated carbocycles. The number of hydrogen-bond acceptors (Lipinski definition) is 9. The van der Waals surface area contributed by atoms with Gasteiger partial charge in [-0.25, -0.2) is 14.8 Å². The Morgan fingerprint density at radius 1 is 1.14 bits per heavy atom. The molecule has 1 N–H and O–H groups in total. The normalized spacial score (nSPS) is 12.1. The molecule has 11 heteroatoms. The zero-order valence-corrected chi connectivity index (χ0v) is 19.6. The Kier molecular flexibility index (Phi) is 5.65. The molecule has 4 aromatic heterocycles. The number of nitrogens with one attached hydrogen (secondary N) is 1. The standard InChI is InChI=1S/C24H18ClN5O5/c1-11-8-14(13(3)33-17-4-5-18(25)28-19(17)23-29-24(32)35-30-23)22-15(9-11)20(31)12(2)21(34-22)16-10-26-6-7-27-16/h4-10,13H,1-3H3,(H,29,30,32)/t13-/m1/s1. The van der Waals surface area contributed by atoms with Crippen LogP contribution in [0.2, 0.25) is 5.15 Å². The monoisotopic (exact) mass is 491 g/mol. The van der Waals surface area contributed by atoms with Crippen LogP contribution in [0, 0.1) is 13.8 Å². The molecule has 0 amide bonds. The van der Waals surface area contributed by atoms with Crippen molar-refractivity contribution in [2.24, 2.45) is 0 Å². The van der Waals surface area contributed by atoms with E-state index in [9.17, 15) is 9.59 Å². The molecule has 0 spiro atoms. The minimum Gasteiger partial charge on any atom is -0.483 e. The lowest BCUT2D eigenvalue weighted by atomic mass is 10.0. The molecule has 35 heavy (non-hydrogen) atoms. The van der Waals surface area contributed by atoms with Crippen LogP contribution in [0.4, 0.5) is 0 Å². The van der Waals surface area contributed by atoms with Crippen molar-refractivity contribution in [2.75, 3.05) is 0 Å². The highest BCUT2D eigenvalue weighted by Crippen LogP contribution is 2.34. The minimum absolute atomic E-state index is 0.0703. The number of hydrogen-bond donors (Lipinski definition) is 1. The van der Waals surface area contributed by atoms with Crippen LogP contribution in [-0.2, 0) is 0 Å². The zero-order valence-electron chi connectivity index (χ0n) is 18.8. The molecule has 176 valence electrons. The summed E-state index contributed by atoms with van der Waals surface area (Å²) in [5.41, 5.74) is 2.78. The second-order valence-corrected chi connectivity index (χ2v) is 8.28. The quantitative estimate of drug-likeness (QED) is 0.354. The van der Waals surface area contributed by atoms with Crippen molar-refractivity contribution in [3.63, 3.8) is 0 Å². The summed E-state index contributed by atoms with van der Waals surface area (Å²) in [6, 6.07) is 6.82. The SMILES string of the molecule is Cc1cc([C@@H](C)Oc2ccc(Cl)nc2-c2noc(=O)[nH]2)c2oc(-c3cnccn3)c(C)c(=O)c2c1. The fraction of sp³-hybridized carbons (Fsp3) is 0.167. The molecule has 1 atom stereocenters. The summed E-state index contributed by atoms with van der Waals surface area (Å²) in [6.45, 7) is 5.39. The van der Waals surface area contributed by atoms with Gasteiger partial charge in [0.05, 0.1) is 11.6 Å². The Balaban J connectivity index is 1.65. The van der Waals surface area contributed by atoms with Gasteiger partial charge in [0.2, 0.25) is 5.82 Å². The van der Waals surface area contributed by atoms with E-state index in [4.69, 9.17) is 20.8 Å². The van der Waals surface area contributed by atoms with Gasteiger partial charge in [-0.3, -0.25) is 19.3 Å². The number of pyridine rings is 1. The van der Waals surface area contributed by atoms with E-state index in [0.29, 0.717) is 39.3 Å². The predicted molar refractivity (Wildman–Crippen MR) is 127 cm³/mol. The molecule has 1 aromatic carbocycles. The number of ether oxygens (including phenoxy) is 1. The van der Waals surface area contributed by atoms with Crippen molar-refractivity contribution in [2.45, 2.75) is 26.9 Å². The van der Waals surface area contributed by atoms with E-state index in [-0.39, 0.29) is 22.1 Å². The van der Waals surface area contributed by atoms with Gasteiger partial charge in [0.25, 0.3) is 0 Å². The van der Waals surface area contributed by atoms with Crippen molar-refractivity contribution < 1.29 is 13.7 Å². The molecule has 0 radical (unpaired) electrons. The highest BCUT2D eigenvalue weighted by atomic mass is 35.5. The molecule has 0 fully saturated rings. The van der Waals surface area contributed by atoms with Crippen molar-refractivity contribution in [3.05, 3.63) is 85.5 Å². The summed E-state index contributed by atoms with van der Waals surface area (Å²) in [6.07, 6.45) is 4.01. The van der Waals surface area contributed by atoms with Gasteiger partial charge >= 0.3 is 5.76 Å². The lowest BCUT2D eigenvalue weighted by Gasteiger charge is -2.19. The third kappa shape index (κ3) is 4.19. The third-order valence-corrected chi connectivity index (χ3v) is 5.63. The van der Waals surface area contributed by atoms with Gasteiger partial charge in [-0.05, 0) is 50.6 Å². The average molecular weight is 492 g/mol. The van der Waals surface area contributed by atoms with Crippen molar-refractivity contribution in [3.8, 4) is 28.7 Å². The maximum Gasteiger partial charge on any atom is 0.439 e. The average Bonchev–Trinajstić information content (AvgIpc) is 3.29. The lowest BCUT2D eigenvalue weighted by Crippen LogP contribution is -2.12. The molecule has 5 rings (SSSR count). The molecule has 0 aliphatic rings. The van der Waals surface area contributed by atoms with Gasteiger partial charge in [-0.15, -0.1) is 0 Å². The topological polar surface area (TPSA) is 137 Å². The Morgan fingerprint density at radius 2 is 1.97 bits per heavy atom. The summed E-state index contributed by atoms with van der Waals surface area (Å²) < 4.78 is 17.1. The van der Waals surface area contributed by atoms with Crippen LogP contribution >= 0.6 is 11.6 Å². The van der Waals surface area contributed by atoms with Gasteiger partial charge in [0.1, 0.15) is 28.3 Å². The molecule has 10 nitrogen and oxygen atoms in total. The highest BCUT2D eigenvalue weighted by Gasteiger charge is 2.22. The molecule has 0 unspecified atom stereocenters. The maximum atomic E-state index is 13.3. The summed E-state index contributed by atoms with van der Waals surface area (Å²) in [5, 5.41) is 4.29. The fourth-order valence-electron chi connectivity index (χ4n) is 3.80. The second-order valence-electron chi connectivity index (χ2n) is 7.89. The smallest absolute Gasteiger partial charge is 0.439 e. The number of aromatic nitrogens is 5. The van der Waals surface area contributed by atoms with Crippen molar-refractivity contribution >= 4 is 22.6 Å². The van der Waals surface area contributed by atoms with Gasteiger partial charge in [-0.1, -0.05) is 16.8 Å². The Hall–Kier alpha value is -4.31. The van der Waals surface area contributed by atoms with Crippen LogP contribution in [0.5, 0.6) is 5.75 Å². The number of nitrogens with zero attached hydrogens (tertiary/aromatic N) is 4. The molecule has 4 heterocycles. The summed E-state index contributed by atoms with van der Waals surface area (Å²) in [5.74, 6) is -0.0355. The van der Waals surface area contributed by atoms with E-state index in [0.717, 1.165) is 5.56 Å². The number of aromatic amines is 1. The lowest BCUT2D eigenvalue weighted by molar-refractivity contribution is 0.227. The Morgan fingerprint density at radius 3 is 2.69 bits per heavy atom. The fourth-order valence-corrected chi connectivity index (χ4v) is 3.95. The van der Waals surface area contributed by atoms with Crippen molar-refractivity contribution in [1.82, 2.24) is 25.1 Å². The van der Waals surface area contributed by atoms with E-state index in [1.54, 1.807) is 38.2 Å². The number of fused-ring (bicyclic) bond motifs is 1. The molecule has 0 aliphatic heterocycles. The number of H-pyrrole nitrogens is 1. The van der Waals surface area contributed by atoms with E-state index in [1.807, 2.05) is 13.0 Å². The van der Waals surface area contributed by atoms with Crippen molar-refractivity contribution in [1.29, 1.82) is 0 Å². The predicted octanol–water partition coefficient (Wildman–Crippen LogP) is 4.40. The van der Waals surface area contributed by atoms with E-state index in [1.165, 1.54) is 12.4 Å². The first-order valence-electron chi connectivity index (χ1n) is 10.6. The molecular weight excluding hydrogens is 474 g/mol. The number of aryl methyl sites for hydroxylation is 1. The van der Waals surface area contributed by atoms with Crippen LogP contribution in [-0.4, -0.2) is 25.1 Å². The first-order valence-corrected chi connectivity index (χ1v) is 10.9. The largest absolute Gasteiger partial charge is 0.483 e. The van der Waals surface area contributed by atoms with Crippen LogP contribution in [0.25, 0.3) is 33.9 Å². The molecule has 5 aromatic rings. The molecule has 0 saturated heterocycles. The van der Waals surface area contributed by atoms with Gasteiger partial charge in [-0.2, -0.15) is 0 Å². The zero-order chi connectivity index (χ0) is 24.7. The summed E-state index contributed by atoms with van der Waals surface area (Å²) in [7, 11) is 0. The Labute approximate surface area is 202 Å². The number of benzene rings is 1. The van der Waals surface area contributed by atoms with Gasteiger partial charge < -0.3 is 9.15 Å². The summed E-state index contributed by atoms with van der Waals surface area (Å²) >= 11 is 6.06. The summed E-state index contributed by atoms with van der Waals surface area (Å²) in [4.78, 5) is 39.7. The maximum absolute atomic E-state index is 13.3. The minimum atomic E-state index is -0.737. The van der Waals surface area contributed by atoms with Crippen LogP contribution in [0.3, 0.4) is 0 Å². The molecule has 0 bridgehead atoms. The van der Waals surface area contributed by atoms with E-state index >= 15 is 0 Å². The van der Waals surface area contributed by atoms with Crippen LogP contribution in [0.15, 0.2) is 61.4 Å². The second kappa shape index (κ2) is 8.80. The van der Waals surface area contributed by atoms with Crippen LogP contribution < -0.4 is 15.9 Å². The highest BCUT2D eigenvalue weighted by molar-refractivity contribution is 6.29. The van der Waals surface area contributed by atoms with Gasteiger partial charge in [0.15, 0.2) is 16.9 Å². The van der Waals surface area contributed by atoms with Crippen LogP contribution in [0.1, 0.15) is 29.7 Å². The van der Waals surface area contributed by atoms with E-state index in [2.05, 4.69) is 29.6 Å². The molecule has 0 aliphatic carbocycles. The molecular formula is C24H18ClN5O5. The number of rotatable bonds is 5. The third-order valence-electron chi connectivity index (χ3n) is 5.42. The Bertz CT molecular complexity index is 1680. The first-order chi connectivity index (χ1) is 16.8. The first kappa shape index (κ1) is 22.5.